The van der Waals surface area contributed by atoms with Crippen molar-refractivity contribution in [3.05, 3.63) is 95.6 Å². The predicted octanol–water partition coefficient (Wildman–Crippen LogP) is 7.82. The molecule has 4 aromatic rings. The molecule has 1 saturated carbocycles. The molecular weight excluding hydrogens is 472 g/mol. The third-order valence-electron chi connectivity index (χ3n) is 6.88. The van der Waals surface area contributed by atoms with Crippen LogP contribution >= 0.6 is 23.8 Å². The summed E-state index contributed by atoms with van der Waals surface area (Å²) in [7, 11) is 0. The van der Waals surface area contributed by atoms with E-state index in [0.29, 0.717) is 5.11 Å². The Morgan fingerprint density at radius 1 is 0.857 bits per heavy atom. The highest BCUT2D eigenvalue weighted by Crippen LogP contribution is 2.39. The zero-order valence-electron chi connectivity index (χ0n) is 19.6. The van der Waals surface area contributed by atoms with Crippen molar-refractivity contribution in [2.45, 2.75) is 37.5 Å². The monoisotopic (exact) mass is 500 g/mol. The van der Waals surface area contributed by atoms with E-state index >= 15 is 0 Å². The maximum Gasteiger partial charge on any atom is 0.170 e. The van der Waals surface area contributed by atoms with Crippen LogP contribution < -0.4 is 16.0 Å². The average molecular weight is 501 g/mol. The molecule has 0 atom stereocenters. The van der Waals surface area contributed by atoms with Gasteiger partial charge in [0.15, 0.2) is 5.11 Å². The molecule has 3 N–H and O–H groups in total. The average Bonchev–Trinajstić information content (AvgIpc) is 2.89. The molecular formula is C29H29ClN4S. The minimum absolute atomic E-state index is 0.0563. The van der Waals surface area contributed by atoms with E-state index in [1.807, 2.05) is 36.4 Å². The summed E-state index contributed by atoms with van der Waals surface area (Å²) in [4.78, 5) is 4.55. The van der Waals surface area contributed by atoms with Crippen LogP contribution in [0.4, 0.5) is 17.2 Å². The normalized spacial score (nSPS) is 14.9. The molecule has 1 aromatic heterocycles. The van der Waals surface area contributed by atoms with Crippen molar-refractivity contribution in [1.29, 1.82) is 0 Å². The highest BCUT2D eigenvalue weighted by atomic mass is 35.5. The Labute approximate surface area is 217 Å². The molecule has 1 aliphatic rings. The van der Waals surface area contributed by atoms with Crippen LogP contribution in [0.1, 0.15) is 37.7 Å². The van der Waals surface area contributed by atoms with E-state index in [4.69, 9.17) is 23.8 Å². The summed E-state index contributed by atoms with van der Waals surface area (Å²) in [6.45, 7) is 0.786. The van der Waals surface area contributed by atoms with Crippen molar-refractivity contribution in [3.8, 4) is 0 Å². The molecule has 0 radical (unpaired) electrons. The summed E-state index contributed by atoms with van der Waals surface area (Å²) in [6.07, 6.45) is 7.81. The fourth-order valence-electron chi connectivity index (χ4n) is 5.00. The van der Waals surface area contributed by atoms with Crippen LogP contribution in [0.25, 0.3) is 10.8 Å². The minimum atomic E-state index is 0.0563. The van der Waals surface area contributed by atoms with Gasteiger partial charge in [-0.2, -0.15) is 0 Å². The molecule has 1 fully saturated rings. The van der Waals surface area contributed by atoms with E-state index in [2.05, 4.69) is 63.4 Å². The van der Waals surface area contributed by atoms with E-state index in [9.17, 15) is 0 Å². The Morgan fingerprint density at radius 3 is 2.43 bits per heavy atom. The summed E-state index contributed by atoms with van der Waals surface area (Å²) >= 11 is 11.9. The molecule has 1 aliphatic carbocycles. The van der Waals surface area contributed by atoms with Gasteiger partial charge in [-0.05, 0) is 77.8 Å². The van der Waals surface area contributed by atoms with Gasteiger partial charge < -0.3 is 16.0 Å². The largest absolute Gasteiger partial charge is 0.362 e. The second-order valence-electron chi connectivity index (χ2n) is 9.28. The highest BCUT2D eigenvalue weighted by molar-refractivity contribution is 7.80. The Hall–Kier alpha value is -3.15. The maximum absolute atomic E-state index is 6.31. The molecule has 4 nitrogen and oxygen atoms in total. The van der Waals surface area contributed by atoms with Crippen molar-refractivity contribution in [3.63, 3.8) is 0 Å². The van der Waals surface area contributed by atoms with Gasteiger partial charge in [0.2, 0.25) is 0 Å². The number of fused-ring (bicyclic) bond motifs is 1. The predicted molar refractivity (Wildman–Crippen MR) is 152 cm³/mol. The van der Waals surface area contributed by atoms with E-state index in [1.165, 1.54) is 35.6 Å². The van der Waals surface area contributed by atoms with Crippen molar-refractivity contribution in [2.75, 3.05) is 17.2 Å². The van der Waals surface area contributed by atoms with E-state index < -0.39 is 0 Å². The molecule has 0 spiro atoms. The Bertz CT molecular complexity index is 1320. The number of pyridine rings is 1. The van der Waals surface area contributed by atoms with Gasteiger partial charge in [-0.3, -0.25) is 0 Å². The number of aromatic nitrogens is 1. The Kier molecular flexibility index (Phi) is 7.16. The number of benzene rings is 3. The van der Waals surface area contributed by atoms with E-state index in [-0.39, 0.29) is 5.41 Å². The highest BCUT2D eigenvalue weighted by Gasteiger charge is 2.34. The maximum atomic E-state index is 6.31. The van der Waals surface area contributed by atoms with Crippen molar-refractivity contribution in [2.24, 2.45) is 0 Å². The third kappa shape index (κ3) is 5.75. The van der Waals surface area contributed by atoms with Gasteiger partial charge in [0, 0.05) is 22.7 Å². The van der Waals surface area contributed by atoms with Gasteiger partial charge in [-0.25, -0.2) is 4.98 Å². The van der Waals surface area contributed by atoms with Crippen LogP contribution in [-0.2, 0) is 5.41 Å². The fourth-order valence-corrected chi connectivity index (χ4v) is 5.38. The molecule has 0 saturated heterocycles. The molecule has 0 bridgehead atoms. The lowest BCUT2D eigenvalue weighted by atomic mass is 9.69. The molecule has 178 valence electrons. The van der Waals surface area contributed by atoms with Gasteiger partial charge in [0.05, 0.1) is 11.9 Å². The SMILES string of the molecule is S=C(NCC1(c2cccc(Cl)c2)CCCCC1)Nc1ccc(Nc2ccc3ccccc3c2)nc1. The zero-order valence-corrected chi connectivity index (χ0v) is 21.1. The number of hydrogen-bond acceptors (Lipinski definition) is 3. The van der Waals surface area contributed by atoms with Crippen LogP contribution in [0.3, 0.4) is 0 Å². The third-order valence-corrected chi connectivity index (χ3v) is 7.36. The number of halogens is 1. The van der Waals surface area contributed by atoms with Gasteiger partial charge in [-0.15, -0.1) is 0 Å². The summed E-state index contributed by atoms with van der Waals surface area (Å²) < 4.78 is 0. The number of hydrogen-bond donors (Lipinski definition) is 3. The molecule has 1 heterocycles. The van der Waals surface area contributed by atoms with Crippen molar-refractivity contribution in [1.82, 2.24) is 10.3 Å². The lowest BCUT2D eigenvalue weighted by molar-refractivity contribution is 0.292. The minimum Gasteiger partial charge on any atom is -0.362 e. The first-order chi connectivity index (χ1) is 17.1. The van der Waals surface area contributed by atoms with Gasteiger partial charge in [0.1, 0.15) is 5.82 Å². The van der Waals surface area contributed by atoms with Crippen LogP contribution in [0.5, 0.6) is 0 Å². The van der Waals surface area contributed by atoms with Crippen LogP contribution in [0.15, 0.2) is 85.1 Å². The lowest BCUT2D eigenvalue weighted by Gasteiger charge is -2.38. The second-order valence-corrected chi connectivity index (χ2v) is 10.1. The summed E-state index contributed by atoms with van der Waals surface area (Å²) in [5.74, 6) is 0.784. The quantitative estimate of drug-likeness (QED) is 0.235. The molecule has 5 rings (SSSR count). The topological polar surface area (TPSA) is 49.0 Å². The summed E-state index contributed by atoms with van der Waals surface area (Å²) in [5, 5.41) is 13.9. The fraction of sp³-hybridized carbons (Fsp3) is 0.241. The smallest absolute Gasteiger partial charge is 0.170 e. The Morgan fingerprint density at radius 2 is 1.66 bits per heavy atom. The summed E-state index contributed by atoms with van der Waals surface area (Å²) in [6, 6.07) is 26.8. The molecule has 3 aromatic carbocycles. The number of anilines is 3. The first-order valence-electron chi connectivity index (χ1n) is 12.1. The van der Waals surface area contributed by atoms with Gasteiger partial charge in [0.25, 0.3) is 0 Å². The first-order valence-corrected chi connectivity index (χ1v) is 12.9. The van der Waals surface area contributed by atoms with Gasteiger partial charge in [-0.1, -0.05) is 73.3 Å². The molecule has 0 amide bonds. The van der Waals surface area contributed by atoms with Crippen molar-refractivity contribution >= 4 is 56.9 Å². The zero-order chi connectivity index (χ0) is 24.1. The number of rotatable bonds is 6. The number of nitrogens with zero attached hydrogens (tertiary/aromatic N) is 1. The van der Waals surface area contributed by atoms with Gasteiger partial charge >= 0.3 is 0 Å². The van der Waals surface area contributed by atoms with E-state index in [0.717, 1.165) is 41.6 Å². The number of thiocarbonyl (C=S) groups is 1. The second kappa shape index (κ2) is 10.6. The van der Waals surface area contributed by atoms with Crippen LogP contribution in [0.2, 0.25) is 5.02 Å². The van der Waals surface area contributed by atoms with Crippen LogP contribution in [-0.4, -0.2) is 16.6 Å². The standard InChI is InChI=1S/C29H29ClN4S/c30-24-10-6-9-23(18-24)29(15-4-1-5-16-29)20-32-28(35)34-26-13-14-27(31-19-26)33-25-12-11-21-7-2-3-8-22(21)17-25/h2-3,6-14,17-19H,1,4-5,15-16,20H2,(H,31,33)(H2,32,34,35). The van der Waals surface area contributed by atoms with E-state index in [1.54, 1.807) is 6.20 Å². The lowest BCUT2D eigenvalue weighted by Crippen LogP contribution is -2.43. The molecule has 35 heavy (non-hydrogen) atoms. The molecule has 0 unspecified atom stereocenters. The first kappa shape index (κ1) is 23.6. The van der Waals surface area contributed by atoms with Crippen molar-refractivity contribution < 1.29 is 0 Å². The number of nitrogens with one attached hydrogen (secondary N) is 3. The molecule has 0 aliphatic heterocycles. The molecule has 6 heteroatoms. The summed E-state index contributed by atoms with van der Waals surface area (Å²) in [5.41, 5.74) is 3.21. The van der Waals surface area contributed by atoms with Crippen LogP contribution in [0, 0.1) is 0 Å². The Balaban J connectivity index is 1.20.